The van der Waals surface area contributed by atoms with E-state index in [2.05, 4.69) is 32.5 Å². The van der Waals surface area contributed by atoms with Crippen LogP contribution in [0.15, 0.2) is 23.6 Å². The Kier molecular flexibility index (Phi) is 8.72. The van der Waals surface area contributed by atoms with Gasteiger partial charge in [0.1, 0.15) is 5.69 Å². The highest BCUT2D eigenvalue weighted by molar-refractivity contribution is 7.14. The summed E-state index contributed by atoms with van der Waals surface area (Å²) in [5, 5.41) is 8.41. The molecular weight excluding hydrogens is 466 g/mol. The number of methoxy groups -OCH3 is 1. The molecule has 2 aliphatic rings. The average molecular weight is 502 g/mol. The van der Waals surface area contributed by atoms with Crippen LogP contribution >= 0.6 is 11.3 Å². The molecule has 1 aromatic carbocycles. The van der Waals surface area contributed by atoms with Gasteiger partial charge in [0.05, 0.1) is 24.0 Å². The van der Waals surface area contributed by atoms with Crippen LogP contribution in [0.25, 0.3) is 0 Å². The zero-order valence-corrected chi connectivity index (χ0v) is 21.5. The van der Waals surface area contributed by atoms with Crippen molar-refractivity contribution in [3.05, 3.63) is 40.4 Å². The smallest absolute Gasteiger partial charge is 0.275 e. The Morgan fingerprint density at radius 2 is 2.17 bits per heavy atom. The number of benzene rings is 1. The van der Waals surface area contributed by atoms with Crippen molar-refractivity contribution in [3.63, 3.8) is 0 Å². The SMILES string of the molecule is CCCNC(=O)c1cc(CN(C)C2CCOC2)ccc1NC(=O)c1csc(N2CC[C@H](OC)C2)n1. The van der Waals surface area contributed by atoms with Crippen LogP contribution in [-0.2, 0) is 16.0 Å². The first-order valence-corrected chi connectivity index (χ1v) is 13.1. The fourth-order valence-corrected chi connectivity index (χ4v) is 5.24. The number of thiazole rings is 1. The molecule has 10 heteroatoms. The van der Waals surface area contributed by atoms with Crippen molar-refractivity contribution < 1.29 is 19.1 Å². The molecule has 0 bridgehead atoms. The summed E-state index contributed by atoms with van der Waals surface area (Å²) in [6.07, 6.45) is 2.98. The number of anilines is 2. The van der Waals surface area contributed by atoms with Gasteiger partial charge < -0.3 is 25.0 Å². The van der Waals surface area contributed by atoms with Gasteiger partial charge in [-0.25, -0.2) is 4.98 Å². The lowest BCUT2D eigenvalue weighted by atomic mass is 10.1. The van der Waals surface area contributed by atoms with Gasteiger partial charge in [-0.3, -0.25) is 14.5 Å². The van der Waals surface area contributed by atoms with Crippen LogP contribution in [0.5, 0.6) is 0 Å². The molecule has 1 aromatic heterocycles. The van der Waals surface area contributed by atoms with Gasteiger partial charge >= 0.3 is 0 Å². The molecule has 2 aliphatic heterocycles. The van der Waals surface area contributed by atoms with Gasteiger partial charge in [-0.15, -0.1) is 11.3 Å². The standard InChI is InChI=1S/C25H35N5O4S/c1-4-9-26-23(31)20-12-17(13-29(2)18-8-11-34-15-18)5-6-21(20)27-24(32)22-16-35-25(28-22)30-10-7-19(14-30)33-3/h5-6,12,16,18-19H,4,7-11,13-15H2,1-3H3,(H,26,31)(H,27,32)/t18?,19-/m0/s1. The summed E-state index contributed by atoms with van der Waals surface area (Å²) in [7, 11) is 3.79. The van der Waals surface area contributed by atoms with Crippen LogP contribution < -0.4 is 15.5 Å². The predicted octanol–water partition coefficient (Wildman–Crippen LogP) is 2.98. The van der Waals surface area contributed by atoms with E-state index in [-0.39, 0.29) is 17.9 Å². The molecule has 0 aliphatic carbocycles. The molecule has 2 amide bonds. The number of carbonyl (C=O) groups is 2. The maximum absolute atomic E-state index is 13.0. The van der Waals surface area contributed by atoms with E-state index >= 15 is 0 Å². The third kappa shape index (κ3) is 6.38. The fourth-order valence-electron chi connectivity index (χ4n) is 4.40. The molecule has 190 valence electrons. The normalized spacial score (nSPS) is 19.9. The number of hydrogen-bond acceptors (Lipinski definition) is 8. The van der Waals surface area contributed by atoms with E-state index in [1.807, 2.05) is 25.1 Å². The van der Waals surface area contributed by atoms with E-state index in [4.69, 9.17) is 9.47 Å². The van der Waals surface area contributed by atoms with Gasteiger partial charge in [0.25, 0.3) is 11.8 Å². The van der Waals surface area contributed by atoms with Crippen molar-refractivity contribution in [2.75, 3.05) is 57.2 Å². The summed E-state index contributed by atoms with van der Waals surface area (Å²) in [5.41, 5.74) is 2.29. The number of amides is 2. The molecule has 1 unspecified atom stereocenters. The topological polar surface area (TPSA) is 96.0 Å². The third-order valence-corrected chi connectivity index (χ3v) is 7.45. The van der Waals surface area contributed by atoms with Crippen LogP contribution in [0.3, 0.4) is 0 Å². The van der Waals surface area contributed by atoms with E-state index < -0.39 is 0 Å². The van der Waals surface area contributed by atoms with E-state index in [0.717, 1.165) is 56.3 Å². The first-order chi connectivity index (χ1) is 17.0. The maximum atomic E-state index is 13.0. The van der Waals surface area contributed by atoms with Gasteiger partial charge in [-0.2, -0.15) is 0 Å². The quantitative estimate of drug-likeness (QED) is 0.517. The molecule has 4 rings (SSSR count). The molecule has 3 heterocycles. The second-order valence-electron chi connectivity index (χ2n) is 9.13. The lowest BCUT2D eigenvalue weighted by Gasteiger charge is -2.23. The molecule has 2 aromatic rings. The Balaban J connectivity index is 1.48. The second kappa shape index (κ2) is 11.9. The van der Waals surface area contributed by atoms with Crippen LogP contribution in [0.2, 0.25) is 0 Å². The van der Waals surface area contributed by atoms with Crippen molar-refractivity contribution in [3.8, 4) is 0 Å². The number of aromatic nitrogens is 1. The van der Waals surface area contributed by atoms with Crippen molar-refractivity contribution in [1.29, 1.82) is 0 Å². The zero-order chi connectivity index (χ0) is 24.8. The maximum Gasteiger partial charge on any atom is 0.275 e. The number of ether oxygens (including phenoxy) is 2. The van der Waals surface area contributed by atoms with Crippen molar-refractivity contribution in [1.82, 2.24) is 15.2 Å². The highest BCUT2D eigenvalue weighted by Crippen LogP contribution is 2.27. The first kappa shape index (κ1) is 25.6. The summed E-state index contributed by atoms with van der Waals surface area (Å²) in [4.78, 5) is 34.9. The Morgan fingerprint density at radius 1 is 1.31 bits per heavy atom. The Morgan fingerprint density at radius 3 is 2.89 bits per heavy atom. The second-order valence-corrected chi connectivity index (χ2v) is 9.97. The van der Waals surface area contributed by atoms with Gasteiger partial charge in [0, 0.05) is 51.3 Å². The summed E-state index contributed by atoms with van der Waals surface area (Å²) in [6, 6.07) is 6.01. The molecule has 2 saturated heterocycles. The molecule has 9 nitrogen and oxygen atoms in total. The van der Waals surface area contributed by atoms with Crippen LogP contribution in [-0.4, -0.2) is 80.8 Å². The number of nitrogens with one attached hydrogen (secondary N) is 2. The molecule has 0 saturated carbocycles. The van der Waals surface area contributed by atoms with E-state index in [1.54, 1.807) is 12.5 Å². The summed E-state index contributed by atoms with van der Waals surface area (Å²) >= 11 is 1.44. The largest absolute Gasteiger partial charge is 0.380 e. The third-order valence-electron chi connectivity index (χ3n) is 6.55. The van der Waals surface area contributed by atoms with Crippen LogP contribution in [0.4, 0.5) is 10.8 Å². The number of nitrogens with zero attached hydrogens (tertiary/aromatic N) is 3. The summed E-state index contributed by atoms with van der Waals surface area (Å²) in [5.74, 6) is -0.523. The highest BCUT2D eigenvalue weighted by atomic mass is 32.1. The van der Waals surface area contributed by atoms with Gasteiger partial charge in [-0.1, -0.05) is 13.0 Å². The van der Waals surface area contributed by atoms with Crippen molar-refractivity contribution in [2.24, 2.45) is 0 Å². The van der Waals surface area contributed by atoms with Gasteiger partial charge in [0.15, 0.2) is 5.13 Å². The van der Waals surface area contributed by atoms with E-state index in [9.17, 15) is 9.59 Å². The summed E-state index contributed by atoms with van der Waals surface area (Å²) < 4.78 is 10.9. The van der Waals surface area contributed by atoms with E-state index in [1.165, 1.54) is 11.3 Å². The van der Waals surface area contributed by atoms with E-state index in [0.29, 0.717) is 36.1 Å². The van der Waals surface area contributed by atoms with Crippen LogP contribution in [0, 0.1) is 0 Å². The molecule has 2 N–H and O–H groups in total. The minimum atomic E-state index is -0.326. The van der Waals surface area contributed by atoms with Gasteiger partial charge in [0.2, 0.25) is 0 Å². The molecule has 0 radical (unpaired) electrons. The number of likely N-dealkylation sites (N-methyl/N-ethyl adjacent to an activating group) is 1. The first-order valence-electron chi connectivity index (χ1n) is 12.2. The van der Waals surface area contributed by atoms with Crippen molar-refractivity contribution in [2.45, 2.75) is 44.9 Å². The molecule has 35 heavy (non-hydrogen) atoms. The zero-order valence-electron chi connectivity index (χ0n) is 20.7. The number of carbonyl (C=O) groups excluding carboxylic acids is 2. The molecular formula is C25H35N5O4S. The van der Waals surface area contributed by atoms with Crippen molar-refractivity contribution >= 4 is 34.0 Å². The average Bonchev–Trinajstić information content (AvgIpc) is 3.64. The van der Waals surface area contributed by atoms with Gasteiger partial charge in [-0.05, 0) is 44.0 Å². The van der Waals surface area contributed by atoms with Crippen LogP contribution in [0.1, 0.15) is 52.6 Å². The Bertz CT molecular complexity index is 1020. The monoisotopic (exact) mass is 501 g/mol. The Labute approximate surface area is 210 Å². The highest BCUT2D eigenvalue weighted by Gasteiger charge is 2.26. The summed E-state index contributed by atoms with van der Waals surface area (Å²) in [6.45, 7) is 6.43. The number of hydrogen-bond donors (Lipinski definition) is 2. The lowest BCUT2D eigenvalue weighted by Crippen LogP contribution is -2.31. The molecule has 2 atom stereocenters. The Hall–Kier alpha value is -2.53. The minimum absolute atomic E-state index is 0.194. The minimum Gasteiger partial charge on any atom is -0.380 e. The lowest BCUT2D eigenvalue weighted by molar-refractivity contribution is 0.0954. The number of rotatable bonds is 10. The fraction of sp³-hybridized carbons (Fsp3) is 0.560. The molecule has 0 spiro atoms. The predicted molar refractivity (Wildman–Crippen MR) is 137 cm³/mol. The molecule has 2 fully saturated rings.